The van der Waals surface area contributed by atoms with E-state index in [1.54, 1.807) is 0 Å². The van der Waals surface area contributed by atoms with Crippen molar-refractivity contribution in [2.45, 2.75) is 32.7 Å². The molecule has 1 fully saturated rings. The number of piperazine rings is 1. The molecule has 0 radical (unpaired) electrons. The van der Waals surface area contributed by atoms with Crippen molar-refractivity contribution in [3.63, 3.8) is 0 Å². The molecule has 1 atom stereocenters. The molecule has 4 heteroatoms. The largest absolute Gasteiger partial charge is 0.314 e. The van der Waals surface area contributed by atoms with Gasteiger partial charge in [0.2, 0.25) is 0 Å². The van der Waals surface area contributed by atoms with Gasteiger partial charge in [-0.05, 0) is 12.8 Å². The van der Waals surface area contributed by atoms with Gasteiger partial charge in [0, 0.05) is 24.5 Å². The van der Waals surface area contributed by atoms with E-state index in [2.05, 4.69) is 36.4 Å². The summed E-state index contributed by atoms with van der Waals surface area (Å²) in [7, 11) is 0. The normalized spacial score (nSPS) is 22.3. The van der Waals surface area contributed by atoms with Gasteiger partial charge in [0.05, 0.1) is 16.7 Å². The van der Waals surface area contributed by atoms with Crippen molar-refractivity contribution in [2.75, 3.05) is 19.6 Å². The lowest BCUT2D eigenvalue weighted by Crippen LogP contribution is -2.43. The van der Waals surface area contributed by atoms with E-state index in [4.69, 9.17) is 0 Å². The highest BCUT2D eigenvalue weighted by molar-refractivity contribution is 7.11. The number of rotatable bonds is 2. The summed E-state index contributed by atoms with van der Waals surface area (Å²) in [5, 5.41) is 8.12. The smallest absolute Gasteiger partial charge is 0.0901 e. The maximum Gasteiger partial charge on any atom is 0.0901 e. The van der Waals surface area contributed by atoms with Crippen molar-refractivity contribution in [1.29, 1.82) is 0 Å². The minimum Gasteiger partial charge on any atom is -0.314 e. The van der Waals surface area contributed by atoms with Gasteiger partial charge in [-0.1, -0.05) is 13.8 Å². The zero-order valence-corrected chi connectivity index (χ0v) is 10.4. The molecule has 0 aliphatic carbocycles. The molecule has 1 aromatic rings. The fourth-order valence-corrected chi connectivity index (χ4v) is 2.96. The Labute approximate surface area is 95.3 Å². The van der Waals surface area contributed by atoms with Crippen LogP contribution in [0.5, 0.6) is 0 Å². The third kappa shape index (κ3) is 2.38. The first kappa shape index (κ1) is 11.0. The Morgan fingerprint density at radius 2 is 2.20 bits per heavy atom. The summed E-state index contributed by atoms with van der Waals surface area (Å²) in [6, 6.07) is 0.404. The number of hydrogen-bond donors (Lipinski definition) is 2. The van der Waals surface area contributed by atoms with Crippen LogP contribution in [-0.4, -0.2) is 24.6 Å². The van der Waals surface area contributed by atoms with Crippen molar-refractivity contribution < 1.29 is 0 Å². The summed E-state index contributed by atoms with van der Waals surface area (Å²) in [5.74, 6) is 0.579. The van der Waals surface area contributed by atoms with Gasteiger partial charge in [0.15, 0.2) is 0 Å². The summed E-state index contributed by atoms with van der Waals surface area (Å²) in [6.07, 6.45) is 0. The molecule has 3 nitrogen and oxygen atoms in total. The van der Waals surface area contributed by atoms with Gasteiger partial charge in [-0.25, -0.2) is 4.98 Å². The lowest BCUT2D eigenvalue weighted by molar-refractivity contribution is 0.421. The van der Waals surface area contributed by atoms with E-state index in [0.29, 0.717) is 12.0 Å². The number of nitrogens with zero attached hydrogens (tertiary/aromatic N) is 1. The Morgan fingerprint density at radius 3 is 2.80 bits per heavy atom. The van der Waals surface area contributed by atoms with Crippen LogP contribution in [0.4, 0.5) is 0 Å². The predicted molar refractivity (Wildman–Crippen MR) is 64.6 cm³/mol. The summed E-state index contributed by atoms with van der Waals surface area (Å²) in [6.45, 7) is 9.69. The molecule has 0 saturated carbocycles. The Morgan fingerprint density at radius 1 is 1.40 bits per heavy atom. The lowest BCUT2D eigenvalue weighted by Gasteiger charge is -2.24. The molecule has 1 unspecified atom stereocenters. The van der Waals surface area contributed by atoms with E-state index < -0.39 is 0 Å². The first-order valence-corrected chi connectivity index (χ1v) is 6.41. The van der Waals surface area contributed by atoms with Gasteiger partial charge in [0.25, 0.3) is 0 Å². The molecule has 2 N–H and O–H groups in total. The summed E-state index contributed by atoms with van der Waals surface area (Å²) in [5.41, 5.74) is 1.26. The van der Waals surface area contributed by atoms with E-state index in [0.717, 1.165) is 19.6 Å². The van der Waals surface area contributed by atoms with E-state index in [-0.39, 0.29) is 0 Å². The zero-order valence-electron chi connectivity index (χ0n) is 9.63. The molecule has 2 heterocycles. The van der Waals surface area contributed by atoms with Gasteiger partial charge in [-0.15, -0.1) is 11.3 Å². The second-order valence-corrected chi connectivity index (χ2v) is 5.58. The summed E-state index contributed by atoms with van der Waals surface area (Å²) < 4.78 is 0. The van der Waals surface area contributed by atoms with Crippen LogP contribution in [0.1, 0.15) is 41.4 Å². The number of nitrogens with one attached hydrogen (secondary N) is 2. The molecular formula is C11H19N3S. The minimum atomic E-state index is 0.404. The van der Waals surface area contributed by atoms with E-state index in [1.807, 2.05) is 11.3 Å². The average Bonchev–Trinajstić information content (AvgIpc) is 2.62. The Hall–Kier alpha value is -0.450. The van der Waals surface area contributed by atoms with Crippen LogP contribution < -0.4 is 10.6 Å². The number of aromatic nitrogens is 1. The van der Waals surface area contributed by atoms with Gasteiger partial charge < -0.3 is 10.6 Å². The van der Waals surface area contributed by atoms with Gasteiger partial charge in [0.1, 0.15) is 0 Å². The second kappa shape index (κ2) is 4.60. The second-order valence-electron chi connectivity index (χ2n) is 4.35. The van der Waals surface area contributed by atoms with Crippen molar-refractivity contribution in [3.8, 4) is 0 Å². The average molecular weight is 225 g/mol. The van der Waals surface area contributed by atoms with Crippen LogP contribution in [-0.2, 0) is 0 Å². The summed E-state index contributed by atoms with van der Waals surface area (Å²) >= 11 is 1.84. The van der Waals surface area contributed by atoms with E-state index >= 15 is 0 Å². The Kier molecular flexibility index (Phi) is 3.38. The number of thiazole rings is 1. The standard InChI is InChI=1S/C11H19N3S/c1-7(2)11-10(14-8(3)15-11)9-6-12-4-5-13-9/h7,9,12-13H,4-6H2,1-3H3. The SMILES string of the molecule is Cc1nc(C2CNCCN2)c(C(C)C)s1. The molecule has 84 valence electrons. The van der Waals surface area contributed by atoms with Gasteiger partial charge in [-0.2, -0.15) is 0 Å². The Bertz CT molecular complexity index is 327. The first-order valence-electron chi connectivity index (χ1n) is 5.60. The van der Waals surface area contributed by atoms with Crippen LogP contribution in [0.3, 0.4) is 0 Å². The first-order chi connectivity index (χ1) is 7.18. The van der Waals surface area contributed by atoms with Crippen molar-refractivity contribution in [2.24, 2.45) is 0 Å². The highest BCUT2D eigenvalue weighted by Crippen LogP contribution is 2.30. The fourth-order valence-electron chi connectivity index (χ4n) is 1.97. The molecule has 1 aliphatic heterocycles. The van der Waals surface area contributed by atoms with Crippen LogP contribution in [0.2, 0.25) is 0 Å². The van der Waals surface area contributed by atoms with Gasteiger partial charge in [-0.3, -0.25) is 0 Å². The highest BCUT2D eigenvalue weighted by atomic mass is 32.1. The molecule has 0 bridgehead atoms. The van der Waals surface area contributed by atoms with Crippen molar-refractivity contribution in [1.82, 2.24) is 15.6 Å². The van der Waals surface area contributed by atoms with Crippen LogP contribution in [0.25, 0.3) is 0 Å². The predicted octanol–water partition coefficient (Wildman–Crippen LogP) is 1.81. The zero-order chi connectivity index (χ0) is 10.8. The maximum atomic E-state index is 4.67. The number of aryl methyl sites for hydroxylation is 1. The highest BCUT2D eigenvalue weighted by Gasteiger charge is 2.22. The van der Waals surface area contributed by atoms with E-state index in [1.165, 1.54) is 15.6 Å². The van der Waals surface area contributed by atoms with E-state index in [9.17, 15) is 0 Å². The third-order valence-electron chi connectivity index (χ3n) is 2.68. The minimum absolute atomic E-state index is 0.404. The molecule has 0 spiro atoms. The number of hydrogen-bond acceptors (Lipinski definition) is 4. The molecule has 15 heavy (non-hydrogen) atoms. The monoisotopic (exact) mass is 225 g/mol. The molecular weight excluding hydrogens is 206 g/mol. The molecule has 1 aromatic heterocycles. The molecule has 1 saturated heterocycles. The van der Waals surface area contributed by atoms with Crippen molar-refractivity contribution >= 4 is 11.3 Å². The van der Waals surface area contributed by atoms with Gasteiger partial charge >= 0.3 is 0 Å². The fraction of sp³-hybridized carbons (Fsp3) is 0.727. The molecule has 2 rings (SSSR count). The lowest BCUT2D eigenvalue weighted by atomic mass is 10.1. The maximum absolute atomic E-state index is 4.67. The quantitative estimate of drug-likeness (QED) is 0.806. The third-order valence-corrected chi connectivity index (χ3v) is 3.97. The molecule has 0 amide bonds. The topological polar surface area (TPSA) is 37.0 Å². The summed E-state index contributed by atoms with van der Waals surface area (Å²) in [4.78, 5) is 6.11. The van der Waals surface area contributed by atoms with Crippen LogP contribution in [0, 0.1) is 6.92 Å². The molecule has 0 aromatic carbocycles. The van der Waals surface area contributed by atoms with Crippen LogP contribution >= 0.6 is 11.3 Å². The van der Waals surface area contributed by atoms with Crippen LogP contribution in [0.15, 0.2) is 0 Å². The van der Waals surface area contributed by atoms with Crippen molar-refractivity contribution in [3.05, 3.63) is 15.6 Å². The molecule has 1 aliphatic rings. The Balaban J connectivity index is 2.25.